The maximum atomic E-state index is 13.0. The number of aliphatic carboxylic acids is 1. The zero-order chi connectivity index (χ0) is 26.1. The molecule has 2 amide bonds. The molecule has 12 heteroatoms. The number of nitrogens with one attached hydrogen (secondary N) is 2. The van der Waals surface area contributed by atoms with E-state index in [2.05, 4.69) is 10.6 Å². The van der Waals surface area contributed by atoms with Crippen LogP contribution in [0.4, 0.5) is 5.69 Å². The predicted octanol–water partition coefficient (Wildman–Crippen LogP) is 6.50. The molecule has 0 radical (unpaired) electrons. The fourth-order valence-electron chi connectivity index (χ4n) is 3.67. The number of alkyl halides is 2. The van der Waals surface area contributed by atoms with Gasteiger partial charge in [0.05, 0.1) is 16.5 Å². The summed E-state index contributed by atoms with van der Waals surface area (Å²) < 4.78 is -1.37. The third-order valence-electron chi connectivity index (χ3n) is 5.73. The van der Waals surface area contributed by atoms with Crippen molar-refractivity contribution in [2.45, 2.75) is 29.1 Å². The summed E-state index contributed by atoms with van der Waals surface area (Å²) in [6, 6.07) is 9.16. The van der Waals surface area contributed by atoms with Crippen LogP contribution < -0.4 is 10.6 Å². The van der Waals surface area contributed by atoms with Crippen molar-refractivity contribution >= 4 is 93.2 Å². The monoisotopic (exact) mass is 596 g/mol. The van der Waals surface area contributed by atoms with Crippen LogP contribution in [-0.4, -0.2) is 44.8 Å². The number of carboxylic acid groups (broad SMARTS) is 1. The molecular weight excluding hydrogens is 578 g/mol. The second-order valence-corrected chi connectivity index (χ2v) is 12.1. The lowest BCUT2D eigenvalue weighted by molar-refractivity contribution is -0.143. The maximum absolute atomic E-state index is 13.0. The maximum Gasteiger partial charge on any atom is 0.329 e. The summed E-state index contributed by atoms with van der Waals surface area (Å²) in [6.45, 7) is 1.43. The Morgan fingerprint density at radius 2 is 1.71 bits per heavy atom. The predicted molar refractivity (Wildman–Crippen MR) is 144 cm³/mol. The van der Waals surface area contributed by atoms with Gasteiger partial charge in [-0.25, -0.2) is 4.79 Å². The Morgan fingerprint density at radius 3 is 2.29 bits per heavy atom. The molecule has 0 spiro atoms. The second-order valence-electron chi connectivity index (χ2n) is 8.35. The van der Waals surface area contributed by atoms with E-state index in [0.717, 1.165) is 0 Å². The Balaban J connectivity index is 1.78. The Labute approximate surface area is 232 Å². The highest BCUT2D eigenvalue weighted by molar-refractivity contribution is 7.98. The molecule has 1 fully saturated rings. The Hall–Kier alpha value is -1.35. The molecule has 0 saturated heterocycles. The number of carboxylic acids is 1. The smallest absolute Gasteiger partial charge is 0.329 e. The van der Waals surface area contributed by atoms with Crippen molar-refractivity contribution in [3.8, 4) is 0 Å². The van der Waals surface area contributed by atoms with E-state index in [1.54, 1.807) is 18.2 Å². The molecule has 0 heterocycles. The largest absolute Gasteiger partial charge is 0.480 e. The van der Waals surface area contributed by atoms with Gasteiger partial charge in [-0.15, -0.1) is 23.2 Å². The molecular formula is C23H21Cl5N2O4S. The lowest BCUT2D eigenvalue weighted by Crippen LogP contribution is -2.52. The van der Waals surface area contributed by atoms with Gasteiger partial charge >= 0.3 is 5.97 Å². The standard InChI is InChI=1S/C23H21Cl5N2O4S/c1-22(21(33)34,5-6-35-2)30-19(31)15-10-14(3-4-16(15)26)29-20(32)18-17(23(18,27)28)11-7-12(24)9-13(25)8-11/h3-4,7-10,17-18H,5-6H2,1-2H3,(H,29,32)(H,30,31)(H,33,34)/t17-,18+,22?/m0/s1. The number of carbonyl (C=O) groups excluding carboxylic acids is 2. The Kier molecular flexibility index (Phi) is 8.83. The number of hydrogen-bond acceptors (Lipinski definition) is 4. The van der Waals surface area contributed by atoms with Crippen molar-refractivity contribution < 1.29 is 19.5 Å². The number of hydrogen-bond donors (Lipinski definition) is 3. The van der Waals surface area contributed by atoms with Gasteiger partial charge in [-0.2, -0.15) is 11.8 Å². The summed E-state index contributed by atoms with van der Waals surface area (Å²) in [4.78, 5) is 37.6. The molecule has 1 aliphatic rings. The van der Waals surface area contributed by atoms with Crippen molar-refractivity contribution in [2.75, 3.05) is 17.3 Å². The van der Waals surface area contributed by atoms with Crippen LogP contribution in [0.5, 0.6) is 0 Å². The van der Waals surface area contributed by atoms with Crippen LogP contribution in [0.1, 0.15) is 35.2 Å². The van der Waals surface area contributed by atoms with Crippen LogP contribution in [0.3, 0.4) is 0 Å². The first-order valence-corrected chi connectivity index (χ1v) is 13.6. The number of carbonyl (C=O) groups is 3. The SMILES string of the molecule is CSCCC(C)(NC(=O)c1cc(NC(=O)[C@H]2[C@H](c3cc(Cl)cc(Cl)c3)C2(Cl)Cl)ccc1Cl)C(=O)O. The molecule has 2 aromatic carbocycles. The van der Waals surface area contributed by atoms with Gasteiger partial charge in [0.1, 0.15) is 9.87 Å². The molecule has 1 aliphatic carbocycles. The van der Waals surface area contributed by atoms with E-state index in [4.69, 9.17) is 58.0 Å². The molecule has 3 atom stereocenters. The minimum absolute atomic E-state index is 0.0121. The molecule has 188 valence electrons. The van der Waals surface area contributed by atoms with Crippen LogP contribution >= 0.6 is 69.8 Å². The number of anilines is 1. The molecule has 1 saturated carbocycles. The Bertz CT molecular complexity index is 1160. The van der Waals surface area contributed by atoms with Gasteiger partial charge in [-0.3, -0.25) is 9.59 Å². The minimum atomic E-state index is -1.49. The lowest BCUT2D eigenvalue weighted by Gasteiger charge is -2.26. The molecule has 35 heavy (non-hydrogen) atoms. The zero-order valence-corrected chi connectivity index (χ0v) is 23.1. The fourth-order valence-corrected chi connectivity index (χ4v) is 5.85. The third-order valence-corrected chi connectivity index (χ3v) is 8.04. The number of thioether (sulfide) groups is 1. The van der Waals surface area contributed by atoms with E-state index in [-0.39, 0.29) is 22.7 Å². The van der Waals surface area contributed by atoms with Crippen LogP contribution in [0.15, 0.2) is 36.4 Å². The Morgan fingerprint density at radius 1 is 1.09 bits per heavy atom. The van der Waals surface area contributed by atoms with E-state index in [1.807, 2.05) is 6.26 Å². The molecule has 3 N–H and O–H groups in total. The number of rotatable bonds is 9. The molecule has 0 bridgehead atoms. The summed E-state index contributed by atoms with van der Waals surface area (Å²) in [5.41, 5.74) is -0.580. The highest BCUT2D eigenvalue weighted by Crippen LogP contribution is 2.65. The normalized spacial score (nSPS) is 20.0. The average Bonchev–Trinajstić information content (AvgIpc) is 3.34. The lowest BCUT2D eigenvalue weighted by atomic mass is 9.98. The summed E-state index contributed by atoms with van der Waals surface area (Å²) in [6.07, 6.45) is 2.06. The molecule has 0 aliphatic heterocycles. The van der Waals surface area contributed by atoms with E-state index < -0.39 is 39.5 Å². The van der Waals surface area contributed by atoms with Crippen molar-refractivity contribution in [3.05, 3.63) is 62.6 Å². The summed E-state index contributed by atoms with van der Waals surface area (Å²) in [7, 11) is 0. The fraction of sp³-hybridized carbons (Fsp3) is 0.348. The van der Waals surface area contributed by atoms with Crippen molar-refractivity contribution in [1.29, 1.82) is 0 Å². The summed E-state index contributed by atoms with van der Waals surface area (Å²) in [5, 5.41) is 15.7. The highest BCUT2D eigenvalue weighted by atomic mass is 35.5. The molecule has 3 rings (SSSR count). The first-order valence-electron chi connectivity index (χ1n) is 10.3. The second kappa shape index (κ2) is 11.0. The first-order chi connectivity index (χ1) is 16.3. The van der Waals surface area contributed by atoms with E-state index in [0.29, 0.717) is 21.4 Å². The van der Waals surface area contributed by atoms with Gasteiger partial charge < -0.3 is 15.7 Å². The van der Waals surface area contributed by atoms with E-state index in [1.165, 1.54) is 36.9 Å². The van der Waals surface area contributed by atoms with Crippen LogP contribution in [0, 0.1) is 5.92 Å². The average molecular weight is 599 g/mol. The highest BCUT2D eigenvalue weighted by Gasteiger charge is 2.67. The number of halogens is 5. The van der Waals surface area contributed by atoms with Gasteiger partial charge in [0.25, 0.3) is 5.91 Å². The van der Waals surface area contributed by atoms with Crippen LogP contribution in [0.2, 0.25) is 15.1 Å². The molecule has 0 aromatic heterocycles. The van der Waals surface area contributed by atoms with Crippen LogP contribution in [0.25, 0.3) is 0 Å². The van der Waals surface area contributed by atoms with Crippen molar-refractivity contribution in [3.63, 3.8) is 0 Å². The molecule has 6 nitrogen and oxygen atoms in total. The third kappa shape index (κ3) is 6.32. The van der Waals surface area contributed by atoms with Gasteiger partial charge in [0.2, 0.25) is 5.91 Å². The number of benzene rings is 2. The van der Waals surface area contributed by atoms with E-state index in [9.17, 15) is 19.5 Å². The quantitative estimate of drug-likeness (QED) is 0.287. The topological polar surface area (TPSA) is 95.5 Å². The van der Waals surface area contributed by atoms with E-state index >= 15 is 0 Å². The van der Waals surface area contributed by atoms with Gasteiger partial charge in [0.15, 0.2) is 0 Å². The van der Waals surface area contributed by atoms with Gasteiger partial charge in [-0.1, -0.05) is 34.8 Å². The first kappa shape index (κ1) is 28.2. The van der Waals surface area contributed by atoms with Gasteiger partial charge in [-0.05, 0) is 67.3 Å². The van der Waals surface area contributed by atoms with Crippen molar-refractivity contribution in [2.24, 2.45) is 5.92 Å². The van der Waals surface area contributed by atoms with Crippen LogP contribution in [-0.2, 0) is 9.59 Å². The number of amides is 2. The van der Waals surface area contributed by atoms with Gasteiger partial charge in [0, 0.05) is 21.7 Å². The molecule has 1 unspecified atom stereocenters. The summed E-state index contributed by atoms with van der Waals surface area (Å²) >= 11 is 32.6. The zero-order valence-electron chi connectivity index (χ0n) is 18.5. The molecule has 2 aromatic rings. The minimum Gasteiger partial charge on any atom is -0.480 e. The van der Waals surface area contributed by atoms with Crippen molar-refractivity contribution in [1.82, 2.24) is 5.32 Å². The summed E-state index contributed by atoms with van der Waals surface area (Å²) in [5.74, 6) is -3.12.